The van der Waals surface area contributed by atoms with Crippen molar-refractivity contribution in [2.75, 3.05) is 5.73 Å². The summed E-state index contributed by atoms with van der Waals surface area (Å²) in [6.45, 7) is 5.35. The third-order valence-electron chi connectivity index (χ3n) is 3.48. The van der Waals surface area contributed by atoms with Crippen molar-refractivity contribution >= 4 is 5.69 Å². The molecule has 0 spiro atoms. The monoisotopic (exact) mass is 257 g/mol. The van der Waals surface area contributed by atoms with Crippen molar-refractivity contribution in [2.24, 2.45) is 0 Å². The number of aryl methyl sites for hydroxylation is 2. The van der Waals surface area contributed by atoms with Gasteiger partial charge in [0.1, 0.15) is 0 Å². The van der Waals surface area contributed by atoms with Crippen molar-refractivity contribution in [1.82, 2.24) is 9.78 Å². The highest BCUT2D eigenvalue weighted by molar-refractivity contribution is 5.66. The Labute approximate surface area is 115 Å². The van der Waals surface area contributed by atoms with E-state index in [0.717, 1.165) is 18.7 Å². The van der Waals surface area contributed by atoms with E-state index in [1.54, 1.807) is 0 Å². The fourth-order valence-electron chi connectivity index (χ4n) is 2.25. The molecule has 102 valence electrons. The number of nitrogen functional groups attached to an aromatic ring is 1. The van der Waals surface area contributed by atoms with Crippen LogP contribution in [0.2, 0.25) is 0 Å². The Morgan fingerprint density at radius 3 is 2.74 bits per heavy atom. The number of hydrogen-bond acceptors (Lipinski definition) is 2. The highest BCUT2D eigenvalue weighted by Gasteiger charge is 2.04. The predicted molar refractivity (Wildman–Crippen MR) is 81.0 cm³/mol. The normalized spacial score (nSPS) is 10.8. The van der Waals surface area contributed by atoms with Crippen molar-refractivity contribution in [3.8, 4) is 11.1 Å². The molecule has 0 aliphatic carbocycles. The Hall–Kier alpha value is -1.77. The summed E-state index contributed by atoms with van der Waals surface area (Å²) >= 11 is 0. The molecule has 1 heterocycles. The van der Waals surface area contributed by atoms with Crippen LogP contribution in [0.3, 0.4) is 0 Å². The van der Waals surface area contributed by atoms with Crippen LogP contribution >= 0.6 is 0 Å². The Morgan fingerprint density at radius 2 is 2.00 bits per heavy atom. The smallest absolute Gasteiger partial charge is 0.0568 e. The Morgan fingerprint density at radius 1 is 1.16 bits per heavy atom. The first-order chi connectivity index (χ1) is 9.24. The van der Waals surface area contributed by atoms with Crippen LogP contribution in [0.4, 0.5) is 5.69 Å². The zero-order valence-electron chi connectivity index (χ0n) is 11.9. The second-order valence-electron chi connectivity index (χ2n) is 4.97. The van der Waals surface area contributed by atoms with E-state index < -0.39 is 0 Å². The molecular formula is C16H23N3. The molecule has 0 aliphatic heterocycles. The second kappa shape index (κ2) is 6.41. The first-order valence-corrected chi connectivity index (χ1v) is 7.15. The molecule has 0 aliphatic rings. The van der Waals surface area contributed by atoms with E-state index in [2.05, 4.69) is 37.3 Å². The molecule has 2 aromatic rings. The maximum absolute atomic E-state index is 5.94. The van der Waals surface area contributed by atoms with E-state index >= 15 is 0 Å². The van der Waals surface area contributed by atoms with Crippen LogP contribution in [-0.2, 0) is 13.0 Å². The van der Waals surface area contributed by atoms with Crippen molar-refractivity contribution in [1.29, 1.82) is 0 Å². The number of rotatable bonds is 6. The molecule has 0 saturated heterocycles. The molecule has 0 atom stereocenters. The quantitative estimate of drug-likeness (QED) is 0.630. The number of anilines is 1. The van der Waals surface area contributed by atoms with Crippen LogP contribution in [0, 0.1) is 0 Å². The first kappa shape index (κ1) is 13.7. The van der Waals surface area contributed by atoms with Crippen LogP contribution in [0.25, 0.3) is 11.1 Å². The van der Waals surface area contributed by atoms with Gasteiger partial charge in [0.05, 0.1) is 6.20 Å². The number of nitrogens with two attached hydrogens (primary N) is 1. The average molecular weight is 257 g/mol. The third-order valence-corrected chi connectivity index (χ3v) is 3.48. The van der Waals surface area contributed by atoms with Gasteiger partial charge in [-0.25, -0.2) is 0 Å². The number of benzene rings is 1. The molecule has 19 heavy (non-hydrogen) atoms. The van der Waals surface area contributed by atoms with Gasteiger partial charge in [0.2, 0.25) is 0 Å². The van der Waals surface area contributed by atoms with E-state index in [1.165, 1.54) is 36.0 Å². The van der Waals surface area contributed by atoms with Gasteiger partial charge < -0.3 is 5.73 Å². The lowest BCUT2D eigenvalue weighted by atomic mass is 10.0. The Balaban J connectivity index is 2.13. The van der Waals surface area contributed by atoms with Gasteiger partial charge in [-0.15, -0.1) is 0 Å². The molecule has 3 nitrogen and oxygen atoms in total. The van der Waals surface area contributed by atoms with Gasteiger partial charge in [0.25, 0.3) is 0 Å². The minimum atomic E-state index is 0.876. The van der Waals surface area contributed by atoms with Crippen LogP contribution < -0.4 is 5.73 Å². The standard InChI is InChI=1S/C16H23N3/c1-3-5-6-9-19-12-15(11-18-19)14-7-8-16(17)13(4-2)10-14/h7-8,10-12H,3-6,9,17H2,1-2H3. The summed E-state index contributed by atoms with van der Waals surface area (Å²) in [4.78, 5) is 0. The van der Waals surface area contributed by atoms with Gasteiger partial charge in [0, 0.05) is 24.0 Å². The lowest BCUT2D eigenvalue weighted by Gasteiger charge is -2.05. The van der Waals surface area contributed by atoms with Crippen LogP contribution in [-0.4, -0.2) is 9.78 Å². The molecule has 1 aromatic heterocycles. The summed E-state index contributed by atoms with van der Waals surface area (Å²) in [5, 5.41) is 4.43. The Bertz CT molecular complexity index is 529. The SMILES string of the molecule is CCCCCn1cc(-c2ccc(N)c(CC)c2)cn1. The van der Waals surface area contributed by atoms with Crippen molar-refractivity contribution in [3.63, 3.8) is 0 Å². The van der Waals surface area contributed by atoms with Gasteiger partial charge in [0.15, 0.2) is 0 Å². The van der Waals surface area contributed by atoms with Gasteiger partial charge >= 0.3 is 0 Å². The van der Waals surface area contributed by atoms with E-state index in [1.807, 2.05) is 16.9 Å². The van der Waals surface area contributed by atoms with Gasteiger partial charge in [-0.3, -0.25) is 4.68 Å². The number of aromatic nitrogens is 2. The maximum Gasteiger partial charge on any atom is 0.0568 e. The summed E-state index contributed by atoms with van der Waals surface area (Å²) in [5.74, 6) is 0. The third kappa shape index (κ3) is 3.37. The highest BCUT2D eigenvalue weighted by atomic mass is 15.3. The summed E-state index contributed by atoms with van der Waals surface area (Å²) in [6, 6.07) is 6.23. The van der Waals surface area contributed by atoms with Crippen molar-refractivity contribution in [3.05, 3.63) is 36.2 Å². The largest absolute Gasteiger partial charge is 0.399 e. The van der Waals surface area contributed by atoms with Crippen molar-refractivity contribution < 1.29 is 0 Å². The van der Waals surface area contributed by atoms with Gasteiger partial charge in [-0.05, 0) is 36.1 Å². The number of unbranched alkanes of at least 4 members (excludes halogenated alkanes) is 2. The molecular weight excluding hydrogens is 234 g/mol. The van der Waals surface area contributed by atoms with E-state index in [0.29, 0.717) is 0 Å². The van der Waals surface area contributed by atoms with Gasteiger partial charge in [-0.2, -0.15) is 5.10 Å². The zero-order chi connectivity index (χ0) is 13.7. The molecule has 1 aromatic carbocycles. The topological polar surface area (TPSA) is 43.8 Å². The lowest BCUT2D eigenvalue weighted by molar-refractivity contribution is 0.553. The first-order valence-electron chi connectivity index (χ1n) is 7.15. The fraction of sp³-hybridized carbons (Fsp3) is 0.438. The van der Waals surface area contributed by atoms with Crippen LogP contribution in [0.1, 0.15) is 38.7 Å². The minimum absolute atomic E-state index is 0.876. The van der Waals surface area contributed by atoms with Gasteiger partial charge in [-0.1, -0.05) is 32.8 Å². The molecule has 0 radical (unpaired) electrons. The molecule has 2 rings (SSSR count). The molecule has 0 unspecified atom stereocenters. The second-order valence-corrected chi connectivity index (χ2v) is 4.97. The molecule has 0 amide bonds. The highest BCUT2D eigenvalue weighted by Crippen LogP contribution is 2.23. The van der Waals surface area contributed by atoms with Crippen LogP contribution in [0.15, 0.2) is 30.6 Å². The minimum Gasteiger partial charge on any atom is -0.399 e. The summed E-state index contributed by atoms with van der Waals surface area (Å²) in [7, 11) is 0. The van der Waals surface area contributed by atoms with E-state index in [9.17, 15) is 0 Å². The molecule has 0 saturated carbocycles. The molecule has 3 heteroatoms. The summed E-state index contributed by atoms with van der Waals surface area (Å²) < 4.78 is 2.03. The molecule has 0 bridgehead atoms. The lowest BCUT2D eigenvalue weighted by Crippen LogP contribution is -1.97. The van der Waals surface area contributed by atoms with E-state index in [4.69, 9.17) is 5.73 Å². The number of hydrogen-bond donors (Lipinski definition) is 1. The predicted octanol–water partition coefficient (Wildman–Crippen LogP) is 3.88. The summed E-state index contributed by atoms with van der Waals surface area (Å²) in [5.41, 5.74) is 10.4. The fourth-order valence-corrected chi connectivity index (χ4v) is 2.25. The van der Waals surface area contributed by atoms with E-state index in [-0.39, 0.29) is 0 Å². The Kier molecular flexibility index (Phi) is 4.61. The maximum atomic E-state index is 5.94. The average Bonchev–Trinajstić information content (AvgIpc) is 2.88. The zero-order valence-corrected chi connectivity index (χ0v) is 11.9. The number of nitrogens with zero attached hydrogens (tertiary/aromatic N) is 2. The summed E-state index contributed by atoms with van der Waals surface area (Å²) in [6.07, 6.45) is 8.73. The van der Waals surface area contributed by atoms with Crippen LogP contribution in [0.5, 0.6) is 0 Å². The molecule has 0 fully saturated rings. The van der Waals surface area contributed by atoms with Crippen molar-refractivity contribution in [2.45, 2.75) is 46.1 Å². The molecule has 2 N–H and O–H groups in total.